The van der Waals surface area contributed by atoms with Crippen molar-refractivity contribution in [2.24, 2.45) is 0 Å². The monoisotopic (exact) mass is 261 g/mol. The number of likely N-dealkylation sites (N-methyl/N-ethyl adjacent to an activating group) is 1. The van der Waals surface area contributed by atoms with Gasteiger partial charge in [0.2, 0.25) is 0 Å². The predicted octanol–water partition coefficient (Wildman–Crippen LogP) is 0.401. The third kappa shape index (κ3) is 3.64. The van der Waals surface area contributed by atoms with Gasteiger partial charge in [0.25, 0.3) is 10.2 Å². The van der Waals surface area contributed by atoms with Gasteiger partial charge in [0.1, 0.15) is 0 Å². The number of piperazine rings is 1. The van der Waals surface area contributed by atoms with Crippen LogP contribution < -0.4 is 4.72 Å². The number of nitrogens with zero attached hydrogens (tertiary/aromatic N) is 2. The van der Waals surface area contributed by atoms with Crippen LogP contribution >= 0.6 is 0 Å². The second-order valence-electron chi connectivity index (χ2n) is 5.16. The van der Waals surface area contributed by atoms with Crippen LogP contribution in [0.25, 0.3) is 0 Å². The van der Waals surface area contributed by atoms with Crippen molar-refractivity contribution in [2.75, 3.05) is 33.2 Å². The van der Waals surface area contributed by atoms with Crippen molar-refractivity contribution in [3.8, 4) is 0 Å². The summed E-state index contributed by atoms with van der Waals surface area (Å²) in [5, 5.41) is 0. The van der Waals surface area contributed by atoms with E-state index in [1.54, 1.807) is 4.31 Å². The van der Waals surface area contributed by atoms with Gasteiger partial charge in [0.05, 0.1) is 0 Å². The lowest BCUT2D eigenvalue weighted by Gasteiger charge is -2.33. The Bertz CT molecular complexity index is 331. The van der Waals surface area contributed by atoms with E-state index in [0.29, 0.717) is 13.1 Å². The van der Waals surface area contributed by atoms with Crippen molar-refractivity contribution in [1.82, 2.24) is 13.9 Å². The zero-order valence-electron chi connectivity index (χ0n) is 10.6. The maximum atomic E-state index is 12.2. The molecule has 0 radical (unpaired) electrons. The highest BCUT2D eigenvalue weighted by molar-refractivity contribution is 7.87. The molecule has 1 N–H and O–H groups in total. The molecule has 1 aliphatic carbocycles. The maximum absolute atomic E-state index is 12.2. The van der Waals surface area contributed by atoms with Gasteiger partial charge in [-0.3, -0.25) is 0 Å². The lowest BCUT2D eigenvalue weighted by molar-refractivity contribution is 0.219. The highest BCUT2D eigenvalue weighted by atomic mass is 32.2. The van der Waals surface area contributed by atoms with Gasteiger partial charge in [0, 0.05) is 32.2 Å². The van der Waals surface area contributed by atoms with E-state index in [1.807, 2.05) is 7.05 Å². The minimum Gasteiger partial charge on any atom is -0.304 e. The van der Waals surface area contributed by atoms with E-state index in [1.165, 1.54) is 6.42 Å². The lowest BCUT2D eigenvalue weighted by Crippen LogP contribution is -2.53. The van der Waals surface area contributed by atoms with Gasteiger partial charge in [-0.15, -0.1) is 0 Å². The van der Waals surface area contributed by atoms with E-state index < -0.39 is 10.2 Å². The summed E-state index contributed by atoms with van der Waals surface area (Å²) in [6, 6.07) is 0.161. The standard InChI is InChI=1S/C11H23N3O2S/c1-13-7-9-14(10-8-13)17(15,16)12-11-5-3-2-4-6-11/h11-12H,2-10H2,1H3. The molecule has 6 heteroatoms. The van der Waals surface area contributed by atoms with Crippen LogP contribution in [0.3, 0.4) is 0 Å². The molecule has 0 aromatic carbocycles. The first-order valence-electron chi connectivity index (χ1n) is 6.54. The van der Waals surface area contributed by atoms with Gasteiger partial charge in [-0.1, -0.05) is 19.3 Å². The topological polar surface area (TPSA) is 52.7 Å². The second kappa shape index (κ2) is 5.65. The van der Waals surface area contributed by atoms with Gasteiger partial charge >= 0.3 is 0 Å². The average molecular weight is 261 g/mol. The molecule has 0 aromatic rings. The Kier molecular flexibility index (Phi) is 4.41. The average Bonchev–Trinajstić information content (AvgIpc) is 2.30. The second-order valence-corrected chi connectivity index (χ2v) is 6.86. The summed E-state index contributed by atoms with van der Waals surface area (Å²) in [6.07, 6.45) is 5.53. The van der Waals surface area contributed by atoms with E-state index in [4.69, 9.17) is 0 Å². The molecule has 0 bridgehead atoms. The van der Waals surface area contributed by atoms with E-state index >= 15 is 0 Å². The van der Waals surface area contributed by atoms with Crippen LogP contribution in [-0.2, 0) is 10.2 Å². The molecule has 17 heavy (non-hydrogen) atoms. The van der Waals surface area contributed by atoms with Crippen molar-refractivity contribution in [3.63, 3.8) is 0 Å². The van der Waals surface area contributed by atoms with Crippen LogP contribution in [0.2, 0.25) is 0 Å². The molecule has 0 amide bonds. The SMILES string of the molecule is CN1CCN(S(=O)(=O)NC2CCCCC2)CC1. The fraction of sp³-hybridized carbons (Fsp3) is 1.00. The van der Waals surface area contributed by atoms with Crippen molar-refractivity contribution >= 4 is 10.2 Å². The lowest BCUT2D eigenvalue weighted by atomic mass is 9.96. The number of rotatable bonds is 3. The predicted molar refractivity (Wildman–Crippen MR) is 68.0 cm³/mol. The maximum Gasteiger partial charge on any atom is 0.279 e. The minimum atomic E-state index is -3.25. The van der Waals surface area contributed by atoms with E-state index in [2.05, 4.69) is 9.62 Å². The highest BCUT2D eigenvalue weighted by Gasteiger charge is 2.28. The first kappa shape index (κ1) is 13.3. The first-order chi connectivity index (χ1) is 8.08. The van der Waals surface area contributed by atoms with Gasteiger partial charge in [-0.25, -0.2) is 0 Å². The Morgan fingerprint density at radius 2 is 1.59 bits per heavy atom. The van der Waals surface area contributed by atoms with E-state index in [-0.39, 0.29) is 6.04 Å². The molecular weight excluding hydrogens is 238 g/mol. The van der Waals surface area contributed by atoms with Crippen LogP contribution in [0, 0.1) is 0 Å². The minimum absolute atomic E-state index is 0.161. The summed E-state index contributed by atoms with van der Waals surface area (Å²) in [4.78, 5) is 2.16. The first-order valence-corrected chi connectivity index (χ1v) is 7.98. The smallest absolute Gasteiger partial charge is 0.279 e. The normalized spacial score (nSPS) is 26.2. The molecule has 1 heterocycles. The van der Waals surface area contributed by atoms with Crippen molar-refractivity contribution < 1.29 is 8.42 Å². The zero-order valence-corrected chi connectivity index (χ0v) is 11.4. The Morgan fingerprint density at radius 3 is 2.18 bits per heavy atom. The van der Waals surface area contributed by atoms with Crippen LogP contribution in [0.1, 0.15) is 32.1 Å². The van der Waals surface area contributed by atoms with Crippen LogP contribution in [-0.4, -0.2) is 56.9 Å². The molecule has 0 aromatic heterocycles. The molecule has 0 spiro atoms. The Morgan fingerprint density at radius 1 is 1.00 bits per heavy atom. The van der Waals surface area contributed by atoms with Crippen LogP contribution in [0.4, 0.5) is 0 Å². The van der Waals surface area contributed by atoms with Crippen LogP contribution in [0.15, 0.2) is 0 Å². The van der Waals surface area contributed by atoms with Crippen molar-refractivity contribution in [3.05, 3.63) is 0 Å². The highest BCUT2D eigenvalue weighted by Crippen LogP contribution is 2.18. The van der Waals surface area contributed by atoms with Crippen molar-refractivity contribution in [2.45, 2.75) is 38.1 Å². The van der Waals surface area contributed by atoms with Gasteiger partial charge in [0.15, 0.2) is 0 Å². The number of hydrogen-bond donors (Lipinski definition) is 1. The molecule has 1 aliphatic heterocycles. The third-order valence-electron chi connectivity index (χ3n) is 3.72. The van der Waals surface area contributed by atoms with Crippen molar-refractivity contribution in [1.29, 1.82) is 0 Å². The number of hydrogen-bond acceptors (Lipinski definition) is 3. The number of nitrogens with one attached hydrogen (secondary N) is 1. The third-order valence-corrected chi connectivity index (χ3v) is 5.40. The molecule has 100 valence electrons. The summed E-state index contributed by atoms with van der Waals surface area (Å²) >= 11 is 0. The van der Waals surface area contributed by atoms with Crippen LogP contribution in [0.5, 0.6) is 0 Å². The summed E-state index contributed by atoms with van der Waals surface area (Å²) in [5.41, 5.74) is 0. The summed E-state index contributed by atoms with van der Waals surface area (Å²) in [5.74, 6) is 0. The Hall–Kier alpha value is -0.170. The largest absolute Gasteiger partial charge is 0.304 e. The molecule has 2 aliphatic rings. The summed E-state index contributed by atoms with van der Waals surface area (Å²) in [6.45, 7) is 2.87. The molecule has 1 saturated carbocycles. The summed E-state index contributed by atoms with van der Waals surface area (Å²) < 4.78 is 28.8. The molecule has 0 unspecified atom stereocenters. The summed E-state index contributed by atoms with van der Waals surface area (Å²) in [7, 11) is -1.22. The molecular formula is C11H23N3O2S. The van der Waals surface area contributed by atoms with E-state index in [0.717, 1.165) is 38.8 Å². The fourth-order valence-corrected chi connectivity index (χ4v) is 3.98. The quantitative estimate of drug-likeness (QED) is 0.800. The molecule has 0 atom stereocenters. The zero-order chi connectivity index (χ0) is 12.3. The molecule has 5 nitrogen and oxygen atoms in total. The fourth-order valence-electron chi connectivity index (χ4n) is 2.53. The van der Waals surface area contributed by atoms with Gasteiger partial charge in [-0.05, 0) is 19.9 Å². The van der Waals surface area contributed by atoms with Gasteiger partial charge in [-0.2, -0.15) is 17.4 Å². The molecule has 1 saturated heterocycles. The van der Waals surface area contributed by atoms with E-state index in [9.17, 15) is 8.42 Å². The molecule has 2 fully saturated rings. The Labute approximate surface area is 104 Å². The molecule has 2 rings (SSSR count). The van der Waals surface area contributed by atoms with Gasteiger partial charge < -0.3 is 4.90 Å². The Balaban J connectivity index is 1.89.